The average Bonchev–Trinajstić information content (AvgIpc) is 2.07. The number of amides is 1. The van der Waals surface area contributed by atoms with Crippen molar-refractivity contribution < 1.29 is 15.0 Å². The van der Waals surface area contributed by atoms with Gasteiger partial charge in [0.1, 0.15) is 0 Å². The first kappa shape index (κ1) is 12.3. The fourth-order valence-corrected chi connectivity index (χ4v) is 2.16. The number of rotatable bonds is 0. The molecule has 1 aliphatic rings. The van der Waals surface area contributed by atoms with Gasteiger partial charge in [-0.25, -0.2) is 4.79 Å². The van der Waals surface area contributed by atoms with Crippen molar-refractivity contribution in [3.63, 3.8) is 0 Å². The predicted octanol–water partition coefficient (Wildman–Crippen LogP) is 1.93. The molecule has 0 bridgehead atoms. The molecule has 1 rings (SSSR count). The van der Waals surface area contributed by atoms with Crippen molar-refractivity contribution in [1.29, 1.82) is 0 Å². The van der Waals surface area contributed by atoms with E-state index in [4.69, 9.17) is 5.11 Å². The van der Waals surface area contributed by atoms with Crippen LogP contribution in [-0.4, -0.2) is 39.4 Å². The summed E-state index contributed by atoms with van der Waals surface area (Å²) >= 11 is 0. The second-order valence-corrected chi connectivity index (χ2v) is 5.61. The standard InChI is InChI=1S/C11H21NO3/c1-10(2,3)11(4)6-5-8(13)7-12(11)9(14)15/h8,13H,5-7H2,1-4H3,(H,14,15)/t8-,11-/m1/s1. The summed E-state index contributed by atoms with van der Waals surface area (Å²) in [7, 11) is 0. The van der Waals surface area contributed by atoms with Gasteiger partial charge >= 0.3 is 6.09 Å². The molecule has 0 aromatic rings. The molecule has 2 atom stereocenters. The van der Waals surface area contributed by atoms with Crippen molar-refractivity contribution in [2.45, 2.75) is 52.2 Å². The normalized spacial score (nSPS) is 32.9. The fourth-order valence-electron chi connectivity index (χ4n) is 2.16. The van der Waals surface area contributed by atoms with Gasteiger partial charge in [0, 0.05) is 5.54 Å². The number of aliphatic hydroxyl groups excluding tert-OH is 1. The van der Waals surface area contributed by atoms with E-state index in [1.165, 1.54) is 4.90 Å². The molecule has 1 aliphatic heterocycles. The van der Waals surface area contributed by atoms with Gasteiger partial charge in [0.05, 0.1) is 12.6 Å². The Kier molecular flexibility index (Phi) is 3.01. The van der Waals surface area contributed by atoms with Gasteiger partial charge in [-0.3, -0.25) is 4.90 Å². The summed E-state index contributed by atoms with van der Waals surface area (Å²) < 4.78 is 0. The summed E-state index contributed by atoms with van der Waals surface area (Å²) in [6.07, 6.45) is -0.0654. The number of carboxylic acid groups (broad SMARTS) is 1. The fraction of sp³-hybridized carbons (Fsp3) is 0.909. The maximum atomic E-state index is 11.2. The summed E-state index contributed by atoms with van der Waals surface area (Å²) in [5.41, 5.74) is -0.510. The molecule has 0 aromatic heterocycles. The zero-order chi connectivity index (χ0) is 11.9. The van der Waals surface area contributed by atoms with Gasteiger partial charge in [-0.15, -0.1) is 0 Å². The van der Waals surface area contributed by atoms with Gasteiger partial charge in [-0.2, -0.15) is 0 Å². The van der Waals surface area contributed by atoms with Crippen LogP contribution in [0.5, 0.6) is 0 Å². The second-order valence-electron chi connectivity index (χ2n) is 5.61. The van der Waals surface area contributed by atoms with Crippen LogP contribution in [0, 0.1) is 5.41 Å². The van der Waals surface area contributed by atoms with E-state index in [1.807, 2.05) is 27.7 Å². The van der Waals surface area contributed by atoms with Crippen LogP contribution in [0.1, 0.15) is 40.5 Å². The molecular formula is C11H21NO3. The first-order chi connectivity index (χ1) is 6.68. The lowest BCUT2D eigenvalue weighted by atomic mass is 9.69. The quantitative estimate of drug-likeness (QED) is 0.649. The van der Waals surface area contributed by atoms with Crippen molar-refractivity contribution in [1.82, 2.24) is 4.90 Å². The molecule has 0 aromatic carbocycles. The molecule has 88 valence electrons. The minimum absolute atomic E-state index is 0.120. The minimum atomic E-state index is -0.939. The van der Waals surface area contributed by atoms with Crippen LogP contribution < -0.4 is 0 Å². The summed E-state index contributed by atoms with van der Waals surface area (Å²) in [4.78, 5) is 12.6. The van der Waals surface area contributed by atoms with E-state index in [2.05, 4.69) is 0 Å². The highest BCUT2D eigenvalue weighted by atomic mass is 16.4. The number of likely N-dealkylation sites (tertiary alicyclic amines) is 1. The molecule has 2 N–H and O–H groups in total. The van der Waals surface area contributed by atoms with Crippen molar-refractivity contribution in [2.75, 3.05) is 6.54 Å². The maximum absolute atomic E-state index is 11.2. The molecule has 0 spiro atoms. The number of carbonyl (C=O) groups is 1. The van der Waals surface area contributed by atoms with Gasteiger partial charge in [-0.05, 0) is 25.2 Å². The third-order valence-electron chi connectivity index (χ3n) is 3.80. The van der Waals surface area contributed by atoms with Crippen LogP contribution in [0.15, 0.2) is 0 Å². The summed E-state index contributed by atoms with van der Waals surface area (Å²) in [5.74, 6) is 0. The molecule has 0 aliphatic carbocycles. The van der Waals surface area contributed by atoms with Crippen molar-refractivity contribution in [3.8, 4) is 0 Å². The molecule has 0 unspecified atom stereocenters. The monoisotopic (exact) mass is 215 g/mol. The Labute approximate surface area is 90.9 Å². The lowest BCUT2D eigenvalue weighted by Crippen LogP contribution is -2.61. The maximum Gasteiger partial charge on any atom is 0.407 e. The SMILES string of the molecule is CC(C)(C)[C@@]1(C)CC[C@@H](O)CN1C(=O)O. The Hall–Kier alpha value is -0.770. The van der Waals surface area contributed by atoms with Gasteiger partial charge in [-0.1, -0.05) is 20.8 Å². The van der Waals surface area contributed by atoms with Crippen LogP contribution >= 0.6 is 0 Å². The van der Waals surface area contributed by atoms with Crippen molar-refractivity contribution in [2.24, 2.45) is 5.41 Å². The smallest absolute Gasteiger partial charge is 0.407 e. The van der Waals surface area contributed by atoms with Crippen molar-refractivity contribution >= 4 is 6.09 Å². The molecule has 4 nitrogen and oxygen atoms in total. The molecule has 15 heavy (non-hydrogen) atoms. The van der Waals surface area contributed by atoms with Crippen LogP contribution in [0.25, 0.3) is 0 Å². The largest absolute Gasteiger partial charge is 0.465 e. The lowest BCUT2D eigenvalue weighted by molar-refractivity contribution is -0.0529. The van der Waals surface area contributed by atoms with E-state index in [1.54, 1.807) is 0 Å². The van der Waals surface area contributed by atoms with Gasteiger partial charge < -0.3 is 10.2 Å². The molecule has 0 radical (unpaired) electrons. The first-order valence-corrected chi connectivity index (χ1v) is 5.37. The zero-order valence-corrected chi connectivity index (χ0v) is 9.95. The van der Waals surface area contributed by atoms with E-state index in [0.717, 1.165) is 0 Å². The Balaban J connectivity index is 3.00. The Morgan fingerprint density at radius 2 is 2.00 bits per heavy atom. The number of piperidine rings is 1. The van der Waals surface area contributed by atoms with Crippen molar-refractivity contribution in [3.05, 3.63) is 0 Å². The average molecular weight is 215 g/mol. The molecule has 1 heterocycles. The van der Waals surface area contributed by atoms with Gasteiger partial charge in [0.15, 0.2) is 0 Å². The number of β-amino-alcohol motifs (C(OH)–C–C–N with tert-alkyl or cyclic N) is 1. The molecule has 1 amide bonds. The Morgan fingerprint density at radius 1 is 1.47 bits per heavy atom. The molecule has 4 heteroatoms. The molecule has 1 saturated heterocycles. The van der Waals surface area contributed by atoms with Gasteiger partial charge in [0.25, 0.3) is 0 Å². The topological polar surface area (TPSA) is 60.8 Å². The Morgan fingerprint density at radius 3 is 2.40 bits per heavy atom. The number of nitrogens with zero attached hydrogens (tertiary/aromatic N) is 1. The van der Waals surface area contributed by atoms with Crippen LogP contribution in [0.2, 0.25) is 0 Å². The number of aliphatic hydroxyl groups is 1. The summed E-state index contributed by atoms with van der Waals surface area (Å²) in [5, 5.41) is 18.7. The van der Waals surface area contributed by atoms with Crippen LogP contribution in [-0.2, 0) is 0 Å². The lowest BCUT2D eigenvalue weighted by Gasteiger charge is -2.52. The number of hydrogen-bond donors (Lipinski definition) is 2. The van der Waals surface area contributed by atoms with E-state index >= 15 is 0 Å². The minimum Gasteiger partial charge on any atom is -0.465 e. The highest BCUT2D eigenvalue weighted by Gasteiger charge is 2.47. The highest BCUT2D eigenvalue weighted by Crippen LogP contribution is 2.42. The third kappa shape index (κ3) is 2.09. The predicted molar refractivity (Wildman–Crippen MR) is 57.8 cm³/mol. The molecule has 1 fully saturated rings. The van der Waals surface area contributed by atoms with E-state index in [-0.39, 0.29) is 12.0 Å². The summed E-state index contributed by atoms with van der Waals surface area (Å²) in [6.45, 7) is 8.32. The molecular weight excluding hydrogens is 194 g/mol. The van der Waals surface area contributed by atoms with Crippen LogP contribution in [0.3, 0.4) is 0 Å². The molecule has 0 saturated carbocycles. The first-order valence-electron chi connectivity index (χ1n) is 5.37. The second kappa shape index (κ2) is 3.67. The van der Waals surface area contributed by atoms with E-state index < -0.39 is 17.7 Å². The summed E-state index contributed by atoms with van der Waals surface area (Å²) in [6, 6.07) is 0. The van der Waals surface area contributed by atoms with Crippen LogP contribution in [0.4, 0.5) is 4.79 Å². The highest BCUT2D eigenvalue weighted by molar-refractivity contribution is 5.66. The Bertz CT molecular complexity index is 259. The van der Waals surface area contributed by atoms with E-state index in [0.29, 0.717) is 12.8 Å². The van der Waals surface area contributed by atoms with E-state index in [9.17, 15) is 9.90 Å². The third-order valence-corrected chi connectivity index (χ3v) is 3.80. The number of hydrogen-bond acceptors (Lipinski definition) is 2. The van der Waals surface area contributed by atoms with Gasteiger partial charge in [0.2, 0.25) is 0 Å². The zero-order valence-electron chi connectivity index (χ0n) is 9.95.